The van der Waals surface area contributed by atoms with Crippen molar-refractivity contribution in [2.75, 3.05) is 30.8 Å². The number of aromatic nitrogens is 1. The lowest BCUT2D eigenvalue weighted by Crippen LogP contribution is -2.38. The number of anilines is 1. The minimum atomic E-state index is -4.47. The summed E-state index contributed by atoms with van der Waals surface area (Å²) in [5.74, 6) is -0.229. The topological polar surface area (TPSA) is 76.3 Å². The second kappa shape index (κ2) is 5.74. The smallest absolute Gasteiger partial charge is 0.345 e. The van der Waals surface area contributed by atoms with Crippen LogP contribution in [0.25, 0.3) is 0 Å². The fourth-order valence-corrected chi connectivity index (χ4v) is 2.38. The lowest BCUT2D eigenvalue weighted by atomic mass is 10.4. The van der Waals surface area contributed by atoms with E-state index in [0.717, 1.165) is 11.2 Å². The molecule has 1 aromatic rings. The van der Waals surface area contributed by atoms with Gasteiger partial charge in [-0.05, 0) is 12.1 Å². The molecule has 0 spiro atoms. The number of alkyl halides is 3. The van der Waals surface area contributed by atoms with Gasteiger partial charge in [0.25, 0.3) is 0 Å². The number of nitrogens with zero attached hydrogens (tertiary/aromatic N) is 2. The van der Waals surface area contributed by atoms with Gasteiger partial charge in [0, 0.05) is 25.5 Å². The Bertz CT molecular complexity index is 531. The van der Waals surface area contributed by atoms with Gasteiger partial charge >= 0.3 is 6.18 Å². The van der Waals surface area contributed by atoms with Crippen LogP contribution in [0.2, 0.25) is 0 Å². The fraction of sp³-hybridized carbons (Fsp3) is 0.500. The summed E-state index contributed by atoms with van der Waals surface area (Å²) in [5.41, 5.74) is 5.26. The Morgan fingerprint density at radius 1 is 1.42 bits per heavy atom. The molecule has 0 bridgehead atoms. The van der Waals surface area contributed by atoms with Crippen LogP contribution in [-0.2, 0) is 9.84 Å². The Hall–Kier alpha value is -1.35. The zero-order chi connectivity index (χ0) is 14.7. The van der Waals surface area contributed by atoms with E-state index in [-0.39, 0.29) is 23.8 Å². The minimum absolute atomic E-state index is 0.0458. The van der Waals surface area contributed by atoms with Gasteiger partial charge in [0.1, 0.15) is 17.3 Å². The number of sulfone groups is 1. The van der Waals surface area contributed by atoms with Crippen molar-refractivity contribution in [1.29, 1.82) is 0 Å². The lowest BCUT2D eigenvalue weighted by Gasteiger charge is -2.25. The molecule has 1 heterocycles. The van der Waals surface area contributed by atoms with E-state index in [2.05, 4.69) is 4.98 Å². The maximum Gasteiger partial charge on any atom is 0.405 e. The van der Waals surface area contributed by atoms with Crippen LogP contribution < -0.4 is 10.6 Å². The molecular weight excluding hydrogens is 283 g/mol. The van der Waals surface area contributed by atoms with Gasteiger partial charge in [-0.3, -0.25) is 0 Å². The van der Waals surface area contributed by atoms with Crippen LogP contribution in [0.1, 0.15) is 0 Å². The van der Waals surface area contributed by atoms with Crippen molar-refractivity contribution in [3.63, 3.8) is 0 Å². The molecule has 0 aliphatic carbocycles. The lowest BCUT2D eigenvalue weighted by molar-refractivity contribution is -0.119. The molecule has 19 heavy (non-hydrogen) atoms. The first-order valence-corrected chi connectivity index (χ1v) is 7.21. The Balaban J connectivity index is 3.23. The van der Waals surface area contributed by atoms with Crippen molar-refractivity contribution in [2.24, 2.45) is 5.73 Å². The average molecular weight is 297 g/mol. The highest BCUT2D eigenvalue weighted by Crippen LogP contribution is 2.25. The van der Waals surface area contributed by atoms with E-state index >= 15 is 0 Å². The molecule has 9 heteroatoms. The SMILES string of the molecule is CS(=O)(=O)c1cccnc1N(CCN)CC(F)(F)F. The van der Waals surface area contributed by atoms with Gasteiger partial charge < -0.3 is 10.6 Å². The number of hydrogen-bond acceptors (Lipinski definition) is 5. The third-order valence-electron chi connectivity index (χ3n) is 2.22. The third kappa shape index (κ3) is 4.67. The summed E-state index contributed by atoms with van der Waals surface area (Å²) in [4.78, 5) is 4.31. The highest BCUT2D eigenvalue weighted by Gasteiger charge is 2.32. The molecule has 0 aliphatic rings. The van der Waals surface area contributed by atoms with Crippen LogP contribution in [0.15, 0.2) is 23.2 Å². The van der Waals surface area contributed by atoms with Crippen LogP contribution in [0.3, 0.4) is 0 Å². The van der Waals surface area contributed by atoms with E-state index in [1.807, 2.05) is 0 Å². The number of hydrogen-bond donors (Lipinski definition) is 1. The van der Waals surface area contributed by atoms with Crippen molar-refractivity contribution in [3.05, 3.63) is 18.3 Å². The van der Waals surface area contributed by atoms with Crippen LogP contribution in [0.4, 0.5) is 19.0 Å². The maximum absolute atomic E-state index is 12.5. The molecule has 0 amide bonds. The Morgan fingerprint density at radius 2 is 2.05 bits per heavy atom. The van der Waals surface area contributed by atoms with Crippen LogP contribution >= 0.6 is 0 Å². The molecule has 0 unspecified atom stereocenters. The maximum atomic E-state index is 12.5. The highest BCUT2D eigenvalue weighted by atomic mass is 32.2. The number of nitrogens with two attached hydrogens (primary N) is 1. The normalized spacial score (nSPS) is 12.5. The summed E-state index contributed by atoms with van der Waals surface area (Å²) in [5, 5.41) is 0. The van der Waals surface area contributed by atoms with Crippen LogP contribution in [0.5, 0.6) is 0 Å². The molecule has 0 atom stereocenters. The first kappa shape index (κ1) is 15.7. The molecule has 1 rings (SSSR count). The van der Waals surface area contributed by atoms with Crippen LogP contribution in [-0.4, -0.2) is 45.5 Å². The van der Waals surface area contributed by atoms with E-state index < -0.39 is 22.6 Å². The summed E-state index contributed by atoms with van der Waals surface area (Å²) in [6.07, 6.45) is -2.31. The second-order valence-electron chi connectivity index (χ2n) is 3.92. The van der Waals surface area contributed by atoms with Crippen molar-refractivity contribution in [1.82, 2.24) is 4.98 Å². The molecule has 0 fully saturated rings. The minimum Gasteiger partial charge on any atom is -0.345 e. The van der Waals surface area contributed by atoms with Gasteiger partial charge in [-0.15, -0.1) is 0 Å². The Labute approximate surface area is 109 Å². The largest absolute Gasteiger partial charge is 0.405 e. The molecule has 5 nitrogen and oxygen atoms in total. The van der Waals surface area contributed by atoms with Gasteiger partial charge in [-0.1, -0.05) is 0 Å². The van der Waals surface area contributed by atoms with Crippen molar-refractivity contribution in [2.45, 2.75) is 11.1 Å². The molecule has 0 saturated carbocycles. The summed E-state index contributed by atoms with van der Waals surface area (Å²) < 4.78 is 60.5. The van der Waals surface area contributed by atoms with Crippen molar-refractivity contribution in [3.8, 4) is 0 Å². The number of pyridine rings is 1. The van der Waals surface area contributed by atoms with Crippen molar-refractivity contribution >= 4 is 15.7 Å². The standard InChI is InChI=1S/C10H14F3N3O2S/c1-19(17,18)8-3-2-5-15-9(8)16(6-4-14)7-10(11,12)13/h2-3,5H,4,6-7,14H2,1H3. The third-order valence-corrected chi connectivity index (χ3v) is 3.34. The van der Waals surface area contributed by atoms with E-state index in [1.165, 1.54) is 18.3 Å². The zero-order valence-electron chi connectivity index (χ0n) is 10.2. The second-order valence-corrected chi connectivity index (χ2v) is 5.91. The van der Waals surface area contributed by atoms with Gasteiger partial charge in [0.05, 0.1) is 0 Å². The van der Waals surface area contributed by atoms with Crippen LogP contribution in [0, 0.1) is 0 Å². The fourth-order valence-electron chi connectivity index (χ4n) is 1.54. The predicted octanol–water partition coefficient (Wildman–Crippen LogP) is 0.813. The Kier molecular flexibility index (Phi) is 4.75. The van der Waals surface area contributed by atoms with Gasteiger partial charge in [-0.25, -0.2) is 13.4 Å². The zero-order valence-corrected chi connectivity index (χ0v) is 11.0. The molecule has 0 saturated heterocycles. The molecule has 108 valence electrons. The van der Waals surface area contributed by atoms with E-state index in [0.29, 0.717) is 0 Å². The molecular formula is C10H14F3N3O2S. The predicted molar refractivity (Wildman–Crippen MR) is 64.7 cm³/mol. The number of halogens is 3. The summed E-state index contributed by atoms with van der Waals surface area (Å²) in [6, 6.07) is 2.58. The van der Waals surface area contributed by atoms with Gasteiger partial charge in [-0.2, -0.15) is 13.2 Å². The Morgan fingerprint density at radius 3 is 2.53 bits per heavy atom. The van der Waals surface area contributed by atoms with E-state index in [1.54, 1.807) is 0 Å². The number of rotatable bonds is 5. The summed E-state index contributed by atoms with van der Waals surface area (Å²) in [6.45, 7) is -1.49. The van der Waals surface area contributed by atoms with Gasteiger partial charge in [0.15, 0.2) is 9.84 Å². The average Bonchev–Trinajstić information content (AvgIpc) is 2.25. The van der Waals surface area contributed by atoms with Gasteiger partial charge in [0.2, 0.25) is 0 Å². The van der Waals surface area contributed by atoms with Crippen molar-refractivity contribution < 1.29 is 21.6 Å². The first-order valence-electron chi connectivity index (χ1n) is 5.32. The quantitative estimate of drug-likeness (QED) is 0.870. The molecule has 2 N–H and O–H groups in total. The van der Waals surface area contributed by atoms with E-state index in [4.69, 9.17) is 5.73 Å². The summed E-state index contributed by atoms with van der Waals surface area (Å²) in [7, 11) is -3.66. The summed E-state index contributed by atoms with van der Waals surface area (Å²) >= 11 is 0. The molecule has 0 aliphatic heterocycles. The highest BCUT2D eigenvalue weighted by molar-refractivity contribution is 7.90. The molecule has 0 radical (unpaired) electrons. The molecule has 1 aromatic heterocycles. The monoisotopic (exact) mass is 297 g/mol. The molecule has 0 aromatic carbocycles. The first-order chi connectivity index (χ1) is 8.65. The van der Waals surface area contributed by atoms with E-state index in [9.17, 15) is 21.6 Å².